The predicted molar refractivity (Wildman–Crippen MR) is 158 cm³/mol. The molecule has 0 aliphatic rings. The van der Waals surface area contributed by atoms with E-state index in [1.807, 2.05) is 27.7 Å². The summed E-state index contributed by atoms with van der Waals surface area (Å²) in [6, 6.07) is 18.9. The Bertz CT molecular complexity index is 1390. The zero-order valence-corrected chi connectivity index (χ0v) is 25.0. The van der Waals surface area contributed by atoms with Gasteiger partial charge in [0.1, 0.15) is 18.3 Å². The van der Waals surface area contributed by atoms with Gasteiger partial charge in [-0.2, -0.15) is 0 Å². The average molecular weight is 586 g/mol. The van der Waals surface area contributed by atoms with Crippen molar-refractivity contribution >= 4 is 39.1 Å². The number of carbonyl (C=O) groups excluding carboxylic acids is 2. The lowest BCUT2D eigenvalue weighted by Crippen LogP contribution is -2.53. The maximum atomic E-state index is 14.0. The molecule has 3 aromatic rings. The van der Waals surface area contributed by atoms with Crippen LogP contribution in [-0.4, -0.2) is 50.9 Å². The SMILES string of the molecule is CCC(C(=O)NC(C)C)N(Cc1ccc(Cl)cc1)C(=O)CN(c1ccc(C)cc1)S(=O)(=O)c1ccc(OC)cc1. The quantitative estimate of drug-likeness (QED) is 0.316. The molecule has 0 saturated carbocycles. The van der Waals surface area contributed by atoms with Gasteiger partial charge in [-0.3, -0.25) is 13.9 Å². The summed E-state index contributed by atoms with van der Waals surface area (Å²) in [4.78, 5) is 28.7. The molecule has 2 amide bonds. The van der Waals surface area contributed by atoms with Crippen LogP contribution in [0.1, 0.15) is 38.3 Å². The van der Waals surface area contributed by atoms with Gasteiger partial charge >= 0.3 is 0 Å². The van der Waals surface area contributed by atoms with Crippen molar-refractivity contribution in [2.24, 2.45) is 0 Å². The van der Waals surface area contributed by atoms with Crippen LogP contribution in [0, 0.1) is 6.92 Å². The molecule has 0 saturated heterocycles. The summed E-state index contributed by atoms with van der Waals surface area (Å²) < 4.78 is 34.1. The number of nitrogens with one attached hydrogen (secondary N) is 1. The Morgan fingerprint density at radius 3 is 2.08 bits per heavy atom. The number of nitrogens with zero attached hydrogens (tertiary/aromatic N) is 2. The number of carbonyl (C=O) groups is 2. The Morgan fingerprint density at radius 2 is 1.55 bits per heavy atom. The number of hydrogen-bond acceptors (Lipinski definition) is 5. The Kier molecular flexibility index (Phi) is 10.6. The van der Waals surface area contributed by atoms with Crippen LogP contribution < -0.4 is 14.4 Å². The Hall–Kier alpha value is -3.56. The molecule has 0 aliphatic heterocycles. The van der Waals surface area contributed by atoms with E-state index in [9.17, 15) is 18.0 Å². The standard InChI is InChI=1S/C30H36ClN3O5S/c1-6-28(30(36)32-21(2)3)33(19-23-9-11-24(31)12-10-23)29(35)20-34(25-13-7-22(4)8-14-25)40(37,38)27-17-15-26(39-5)16-18-27/h7-18,21,28H,6,19-20H2,1-5H3,(H,32,36). The molecule has 0 bridgehead atoms. The lowest BCUT2D eigenvalue weighted by molar-refractivity contribution is -0.140. The first kappa shape index (κ1) is 31.0. The van der Waals surface area contributed by atoms with Crippen molar-refractivity contribution in [1.29, 1.82) is 0 Å². The number of methoxy groups -OCH3 is 1. The normalized spacial score (nSPS) is 12.1. The van der Waals surface area contributed by atoms with Crippen LogP contribution in [0.25, 0.3) is 0 Å². The Balaban J connectivity index is 2.05. The number of anilines is 1. The molecule has 1 atom stereocenters. The zero-order chi connectivity index (χ0) is 29.4. The van der Waals surface area contributed by atoms with Crippen molar-refractivity contribution in [1.82, 2.24) is 10.2 Å². The molecule has 0 radical (unpaired) electrons. The van der Waals surface area contributed by atoms with Crippen LogP contribution >= 0.6 is 11.6 Å². The van der Waals surface area contributed by atoms with Gasteiger partial charge in [0, 0.05) is 17.6 Å². The summed E-state index contributed by atoms with van der Waals surface area (Å²) >= 11 is 6.06. The molecule has 40 heavy (non-hydrogen) atoms. The molecule has 0 aliphatic carbocycles. The lowest BCUT2D eigenvalue weighted by Gasteiger charge is -2.33. The molecule has 10 heteroatoms. The van der Waals surface area contributed by atoms with Gasteiger partial charge in [0.05, 0.1) is 17.7 Å². The largest absolute Gasteiger partial charge is 0.497 e. The molecule has 0 fully saturated rings. The van der Waals surface area contributed by atoms with Crippen molar-refractivity contribution in [2.75, 3.05) is 18.0 Å². The number of benzene rings is 3. The van der Waals surface area contributed by atoms with Crippen molar-refractivity contribution in [3.8, 4) is 5.75 Å². The molecule has 0 aromatic heterocycles. The van der Waals surface area contributed by atoms with Gasteiger partial charge in [-0.15, -0.1) is 0 Å². The summed E-state index contributed by atoms with van der Waals surface area (Å²) in [5.41, 5.74) is 2.03. The van der Waals surface area contributed by atoms with Crippen molar-refractivity contribution in [3.63, 3.8) is 0 Å². The molecule has 1 unspecified atom stereocenters. The van der Waals surface area contributed by atoms with Crippen molar-refractivity contribution in [2.45, 2.75) is 57.6 Å². The van der Waals surface area contributed by atoms with E-state index in [0.717, 1.165) is 15.4 Å². The molecule has 0 spiro atoms. The highest BCUT2D eigenvalue weighted by molar-refractivity contribution is 7.92. The number of aryl methyl sites for hydroxylation is 1. The summed E-state index contributed by atoms with van der Waals surface area (Å²) in [7, 11) is -2.66. The van der Waals surface area contributed by atoms with Gasteiger partial charge in [0.2, 0.25) is 11.8 Å². The van der Waals surface area contributed by atoms with E-state index in [1.165, 1.54) is 24.1 Å². The second-order valence-electron chi connectivity index (χ2n) is 9.76. The Labute approximate surface area is 241 Å². The van der Waals surface area contributed by atoms with Crippen molar-refractivity contribution < 1.29 is 22.7 Å². The summed E-state index contributed by atoms with van der Waals surface area (Å²) in [5, 5.41) is 3.43. The third-order valence-corrected chi connectivity index (χ3v) is 8.37. The first-order valence-electron chi connectivity index (χ1n) is 13.0. The number of halogens is 1. The topological polar surface area (TPSA) is 96.0 Å². The minimum atomic E-state index is -4.16. The van der Waals surface area contributed by atoms with E-state index >= 15 is 0 Å². The molecule has 3 rings (SSSR count). The van der Waals surface area contributed by atoms with Gasteiger partial charge < -0.3 is 15.0 Å². The molecule has 8 nitrogen and oxygen atoms in total. The maximum Gasteiger partial charge on any atom is 0.264 e. The monoisotopic (exact) mass is 585 g/mol. The number of amides is 2. The lowest BCUT2D eigenvalue weighted by atomic mass is 10.1. The predicted octanol–water partition coefficient (Wildman–Crippen LogP) is 5.18. The van der Waals surface area contributed by atoms with E-state index < -0.39 is 28.5 Å². The fourth-order valence-corrected chi connectivity index (χ4v) is 5.74. The first-order chi connectivity index (χ1) is 19.0. The molecule has 0 heterocycles. The van der Waals surface area contributed by atoms with Gasteiger partial charge in [0.15, 0.2) is 0 Å². The van der Waals surface area contributed by atoms with E-state index in [2.05, 4.69) is 5.32 Å². The van der Waals surface area contributed by atoms with Gasteiger partial charge in [-0.25, -0.2) is 8.42 Å². The minimum absolute atomic E-state index is 0.00974. The average Bonchev–Trinajstić information content (AvgIpc) is 2.92. The second-order valence-corrected chi connectivity index (χ2v) is 12.1. The van der Waals surface area contributed by atoms with E-state index in [4.69, 9.17) is 16.3 Å². The second kappa shape index (κ2) is 13.7. The highest BCUT2D eigenvalue weighted by atomic mass is 35.5. The summed E-state index contributed by atoms with van der Waals surface area (Å²) in [5.74, 6) is -0.314. The van der Waals surface area contributed by atoms with E-state index in [-0.39, 0.29) is 23.4 Å². The van der Waals surface area contributed by atoms with Crippen LogP contribution in [-0.2, 0) is 26.2 Å². The maximum absolute atomic E-state index is 14.0. The molecule has 214 valence electrons. The highest BCUT2D eigenvalue weighted by Gasteiger charge is 2.33. The molecule has 1 N–H and O–H groups in total. The van der Waals surface area contributed by atoms with Crippen molar-refractivity contribution in [3.05, 3.63) is 88.9 Å². The summed E-state index contributed by atoms with van der Waals surface area (Å²) in [6.45, 7) is 7.00. The number of sulfonamides is 1. The van der Waals surface area contributed by atoms with E-state index in [1.54, 1.807) is 60.7 Å². The van der Waals surface area contributed by atoms with Crippen LogP contribution in [0.3, 0.4) is 0 Å². The summed E-state index contributed by atoms with van der Waals surface area (Å²) in [6.07, 6.45) is 0.341. The van der Waals surface area contributed by atoms with Gasteiger partial charge in [-0.1, -0.05) is 48.4 Å². The zero-order valence-electron chi connectivity index (χ0n) is 23.4. The van der Waals surface area contributed by atoms with Crippen LogP contribution in [0.4, 0.5) is 5.69 Å². The molecular formula is C30H36ClN3O5S. The third kappa shape index (κ3) is 7.76. The van der Waals surface area contributed by atoms with Gasteiger partial charge in [-0.05, 0) is 81.3 Å². The third-order valence-electron chi connectivity index (χ3n) is 6.33. The van der Waals surface area contributed by atoms with Gasteiger partial charge in [0.25, 0.3) is 10.0 Å². The minimum Gasteiger partial charge on any atom is -0.497 e. The van der Waals surface area contributed by atoms with Crippen LogP contribution in [0.2, 0.25) is 5.02 Å². The van der Waals surface area contributed by atoms with E-state index in [0.29, 0.717) is 22.9 Å². The van der Waals surface area contributed by atoms with Crippen LogP contribution in [0.15, 0.2) is 77.7 Å². The Morgan fingerprint density at radius 1 is 0.950 bits per heavy atom. The first-order valence-corrected chi connectivity index (χ1v) is 14.9. The number of rotatable bonds is 12. The fraction of sp³-hybridized carbons (Fsp3) is 0.333. The molecule has 3 aromatic carbocycles. The number of hydrogen-bond donors (Lipinski definition) is 1. The fourth-order valence-electron chi connectivity index (χ4n) is 4.20. The smallest absolute Gasteiger partial charge is 0.264 e. The molecular weight excluding hydrogens is 550 g/mol. The number of ether oxygens (including phenoxy) is 1. The highest BCUT2D eigenvalue weighted by Crippen LogP contribution is 2.26. The van der Waals surface area contributed by atoms with Crippen LogP contribution in [0.5, 0.6) is 5.75 Å².